The average molecular weight is 225 g/mol. The van der Waals surface area contributed by atoms with E-state index >= 15 is 0 Å². The highest BCUT2D eigenvalue weighted by Gasteiger charge is 2.17. The van der Waals surface area contributed by atoms with E-state index in [1.54, 1.807) is 10.9 Å². The van der Waals surface area contributed by atoms with E-state index in [0.717, 1.165) is 5.56 Å². The second-order valence-corrected chi connectivity index (χ2v) is 4.10. The Morgan fingerprint density at radius 3 is 2.75 bits per heavy atom. The molecule has 0 aromatic carbocycles. The Balaban J connectivity index is 2.66. The first kappa shape index (κ1) is 12.7. The summed E-state index contributed by atoms with van der Waals surface area (Å²) in [6.07, 6.45) is 3.69. The van der Waals surface area contributed by atoms with Crippen molar-refractivity contribution in [1.82, 2.24) is 15.1 Å². The third-order valence-electron chi connectivity index (χ3n) is 2.44. The molecule has 1 heterocycles. The fourth-order valence-corrected chi connectivity index (χ4v) is 1.44. The number of hydrogen-bond acceptors (Lipinski definition) is 3. The molecule has 1 aromatic rings. The van der Waals surface area contributed by atoms with E-state index in [-0.39, 0.29) is 0 Å². The number of aromatic nitrogens is 2. The summed E-state index contributed by atoms with van der Waals surface area (Å²) in [5.74, 6) is -0.431. The summed E-state index contributed by atoms with van der Waals surface area (Å²) < 4.78 is 1.68. The zero-order valence-electron chi connectivity index (χ0n) is 9.97. The highest BCUT2D eigenvalue weighted by molar-refractivity contribution is 5.73. The van der Waals surface area contributed by atoms with Crippen molar-refractivity contribution >= 4 is 5.97 Å². The van der Waals surface area contributed by atoms with Gasteiger partial charge in [0.05, 0.1) is 12.7 Å². The van der Waals surface area contributed by atoms with Gasteiger partial charge in [0.25, 0.3) is 0 Å². The maximum Gasteiger partial charge on any atom is 0.322 e. The van der Waals surface area contributed by atoms with Gasteiger partial charge in [-0.3, -0.25) is 9.48 Å². The normalized spacial score (nSPS) is 13.0. The van der Waals surface area contributed by atoms with E-state index in [0.29, 0.717) is 19.0 Å². The average Bonchev–Trinajstić information content (AvgIpc) is 2.65. The number of carbonyl (C=O) groups is 1. The topological polar surface area (TPSA) is 67.2 Å². The third-order valence-corrected chi connectivity index (χ3v) is 2.44. The molecule has 1 unspecified atom stereocenters. The van der Waals surface area contributed by atoms with Crippen LogP contribution in [0.15, 0.2) is 12.4 Å². The molecule has 5 heteroatoms. The van der Waals surface area contributed by atoms with Crippen LogP contribution in [0.25, 0.3) is 0 Å². The van der Waals surface area contributed by atoms with Gasteiger partial charge in [0.1, 0.15) is 6.04 Å². The van der Waals surface area contributed by atoms with Crippen LogP contribution in [0.5, 0.6) is 0 Å². The van der Waals surface area contributed by atoms with Crippen molar-refractivity contribution in [3.63, 3.8) is 0 Å². The molecule has 1 atom stereocenters. The first-order valence-corrected chi connectivity index (χ1v) is 5.53. The van der Waals surface area contributed by atoms with Gasteiger partial charge < -0.3 is 10.4 Å². The largest absolute Gasteiger partial charge is 0.480 e. The van der Waals surface area contributed by atoms with Crippen molar-refractivity contribution < 1.29 is 9.90 Å². The predicted molar refractivity (Wildman–Crippen MR) is 61.4 cm³/mol. The molecule has 0 amide bonds. The molecule has 0 aliphatic carbocycles. The smallest absolute Gasteiger partial charge is 0.322 e. The summed E-state index contributed by atoms with van der Waals surface area (Å²) in [6.45, 7) is 7.05. The van der Waals surface area contributed by atoms with Crippen LogP contribution in [0, 0.1) is 0 Å². The molecule has 5 nitrogen and oxygen atoms in total. The zero-order valence-corrected chi connectivity index (χ0v) is 9.97. The molecule has 0 bridgehead atoms. The summed E-state index contributed by atoms with van der Waals surface area (Å²) in [4.78, 5) is 10.9. The van der Waals surface area contributed by atoms with Crippen LogP contribution in [0.3, 0.4) is 0 Å². The maximum absolute atomic E-state index is 10.9. The molecule has 0 aliphatic heterocycles. The number of carboxylic acid groups (broad SMARTS) is 1. The van der Waals surface area contributed by atoms with Crippen molar-refractivity contribution in [1.29, 1.82) is 0 Å². The number of likely N-dealkylation sites (N-methyl/N-ethyl adjacent to an activating group) is 1. The van der Waals surface area contributed by atoms with E-state index < -0.39 is 12.0 Å². The minimum atomic E-state index is -0.844. The first-order valence-electron chi connectivity index (χ1n) is 5.53. The highest BCUT2D eigenvalue weighted by Crippen LogP contribution is 2.12. The van der Waals surface area contributed by atoms with Crippen LogP contribution in [0.2, 0.25) is 0 Å². The maximum atomic E-state index is 10.9. The molecule has 2 N–H and O–H groups in total. The zero-order chi connectivity index (χ0) is 12.1. The Labute approximate surface area is 95.5 Å². The Morgan fingerprint density at radius 1 is 1.62 bits per heavy atom. The Morgan fingerprint density at radius 2 is 2.31 bits per heavy atom. The number of nitrogens with one attached hydrogen (secondary N) is 1. The van der Waals surface area contributed by atoms with Crippen molar-refractivity contribution in [3.05, 3.63) is 18.0 Å². The Kier molecular flexibility index (Phi) is 4.49. The van der Waals surface area contributed by atoms with Crippen molar-refractivity contribution in [2.75, 3.05) is 6.54 Å². The first-order chi connectivity index (χ1) is 7.54. The van der Waals surface area contributed by atoms with Gasteiger partial charge in [-0.25, -0.2) is 0 Å². The number of rotatable bonds is 6. The molecule has 0 aliphatic rings. The minimum absolute atomic E-state index is 0.357. The van der Waals surface area contributed by atoms with Crippen molar-refractivity contribution in [2.45, 2.75) is 39.3 Å². The van der Waals surface area contributed by atoms with E-state index in [2.05, 4.69) is 24.3 Å². The molecule has 0 saturated heterocycles. The van der Waals surface area contributed by atoms with Gasteiger partial charge in [-0.15, -0.1) is 0 Å². The van der Waals surface area contributed by atoms with Crippen LogP contribution in [0.4, 0.5) is 0 Å². The predicted octanol–water partition coefficient (Wildman–Crippen LogP) is 1.07. The number of nitrogens with zero attached hydrogens (tertiary/aromatic N) is 2. The lowest BCUT2D eigenvalue weighted by molar-refractivity contribution is -0.139. The van der Waals surface area contributed by atoms with Gasteiger partial charge in [0.15, 0.2) is 0 Å². The molecule has 0 radical (unpaired) electrons. The molecule has 0 saturated carbocycles. The fourth-order valence-electron chi connectivity index (χ4n) is 1.44. The molecular weight excluding hydrogens is 206 g/mol. The standard InChI is InChI=1S/C11H19N3O2/c1-4-12-10(11(15)16)7-14-6-9(5-13-14)8(2)3/h5-6,8,10,12H,4,7H2,1-3H3,(H,15,16). The van der Waals surface area contributed by atoms with Crippen molar-refractivity contribution in [3.8, 4) is 0 Å². The summed E-state index contributed by atoms with van der Waals surface area (Å²) >= 11 is 0. The molecular formula is C11H19N3O2. The van der Waals surface area contributed by atoms with Crippen LogP contribution < -0.4 is 5.32 Å². The van der Waals surface area contributed by atoms with Crippen LogP contribution >= 0.6 is 0 Å². The second kappa shape index (κ2) is 5.65. The lowest BCUT2D eigenvalue weighted by Crippen LogP contribution is -2.40. The molecule has 0 fully saturated rings. The Hall–Kier alpha value is -1.36. The quantitative estimate of drug-likeness (QED) is 0.760. The van der Waals surface area contributed by atoms with E-state index in [1.165, 1.54) is 0 Å². The second-order valence-electron chi connectivity index (χ2n) is 4.10. The van der Waals surface area contributed by atoms with Gasteiger partial charge in [0, 0.05) is 6.20 Å². The highest BCUT2D eigenvalue weighted by atomic mass is 16.4. The van der Waals surface area contributed by atoms with E-state index in [9.17, 15) is 4.79 Å². The summed E-state index contributed by atoms with van der Waals surface area (Å²) in [6, 6.07) is -0.579. The van der Waals surface area contributed by atoms with Crippen LogP contribution in [-0.4, -0.2) is 33.4 Å². The van der Waals surface area contributed by atoms with Crippen LogP contribution in [-0.2, 0) is 11.3 Å². The SMILES string of the molecule is CCNC(Cn1cc(C(C)C)cn1)C(=O)O. The van der Waals surface area contributed by atoms with Gasteiger partial charge >= 0.3 is 5.97 Å². The van der Waals surface area contributed by atoms with E-state index in [4.69, 9.17) is 5.11 Å². The summed E-state index contributed by atoms with van der Waals surface area (Å²) in [5, 5.41) is 16.0. The molecule has 16 heavy (non-hydrogen) atoms. The molecule has 90 valence electrons. The monoisotopic (exact) mass is 225 g/mol. The van der Waals surface area contributed by atoms with E-state index in [1.807, 2.05) is 13.1 Å². The molecule has 1 aromatic heterocycles. The molecule has 1 rings (SSSR count). The Bertz CT molecular complexity index is 347. The summed E-state index contributed by atoms with van der Waals surface area (Å²) in [5.41, 5.74) is 1.13. The lowest BCUT2D eigenvalue weighted by Gasteiger charge is -2.12. The number of aliphatic carboxylic acids is 1. The molecule has 0 spiro atoms. The summed E-state index contributed by atoms with van der Waals surface area (Å²) in [7, 11) is 0. The van der Waals surface area contributed by atoms with Crippen LogP contribution in [0.1, 0.15) is 32.3 Å². The minimum Gasteiger partial charge on any atom is -0.480 e. The van der Waals surface area contributed by atoms with Gasteiger partial charge in [-0.1, -0.05) is 20.8 Å². The third kappa shape index (κ3) is 3.34. The van der Waals surface area contributed by atoms with Gasteiger partial charge in [0.2, 0.25) is 0 Å². The lowest BCUT2D eigenvalue weighted by atomic mass is 10.1. The van der Waals surface area contributed by atoms with Gasteiger partial charge in [-0.2, -0.15) is 5.10 Å². The number of carboxylic acids is 1. The fraction of sp³-hybridized carbons (Fsp3) is 0.636. The van der Waals surface area contributed by atoms with Crippen molar-refractivity contribution in [2.24, 2.45) is 0 Å². The number of hydrogen-bond donors (Lipinski definition) is 2. The van der Waals surface area contributed by atoms with Gasteiger partial charge in [-0.05, 0) is 18.0 Å².